The number of hydrogen-bond acceptors (Lipinski definition) is 8. The Labute approximate surface area is 104 Å². The van der Waals surface area contributed by atoms with Crippen LogP contribution in [0.1, 0.15) is 12.8 Å². The molecular formula is C9H19N3O6. The van der Waals surface area contributed by atoms with Crippen LogP contribution in [0.3, 0.4) is 0 Å². The first-order valence-electron chi connectivity index (χ1n) is 5.00. The standard InChI is InChI=1S/C9H15NO6.H4N2/c10-5-9(8(13)14,1-3-15-6-11)2-4-16-7-12;1-2/h6-7H,1-5,10H2,(H,13,14);1-2H2. The van der Waals surface area contributed by atoms with Crippen molar-refractivity contribution in [1.82, 2.24) is 0 Å². The highest BCUT2D eigenvalue weighted by Gasteiger charge is 2.36. The highest BCUT2D eigenvalue weighted by molar-refractivity contribution is 5.75. The molecular weight excluding hydrogens is 246 g/mol. The summed E-state index contributed by atoms with van der Waals surface area (Å²) >= 11 is 0. The van der Waals surface area contributed by atoms with Gasteiger partial charge in [0.1, 0.15) is 0 Å². The second-order valence-electron chi connectivity index (χ2n) is 3.22. The van der Waals surface area contributed by atoms with E-state index < -0.39 is 11.4 Å². The zero-order chi connectivity index (χ0) is 14.4. The molecule has 0 rings (SSSR count). The molecule has 0 spiro atoms. The Morgan fingerprint density at radius 1 is 1.11 bits per heavy atom. The molecule has 0 aromatic carbocycles. The summed E-state index contributed by atoms with van der Waals surface area (Å²) < 4.78 is 8.88. The Kier molecular flexibility index (Phi) is 12.2. The maximum Gasteiger partial charge on any atom is 0.311 e. The van der Waals surface area contributed by atoms with Gasteiger partial charge < -0.3 is 20.3 Å². The third-order valence-electron chi connectivity index (χ3n) is 2.38. The fourth-order valence-corrected chi connectivity index (χ4v) is 1.24. The van der Waals surface area contributed by atoms with E-state index in [-0.39, 0.29) is 45.5 Å². The highest BCUT2D eigenvalue weighted by atomic mass is 16.5. The van der Waals surface area contributed by atoms with Crippen LogP contribution < -0.4 is 17.4 Å². The van der Waals surface area contributed by atoms with Crippen LogP contribution in [0.5, 0.6) is 0 Å². The van der Waals surface area contributed by atoms with Gasteiger partial charge in [-0.05, 0) is 12.8 Å². The van der Waals surface area contributed by atoms with Gasteiger partial charge in [-0.25, -0.2) is 0 Å². The first-order chi connectivity index (χ1) is 8.63. The molecule has 0 heterocycles. The summed E-state index contributed by atoms with van der Waals surface area (Å²) in [6.07, 6.45) is 0.166. The normalized spacial score (nSPS) is 9.72. The van der Waals surface area contributed by atoms with E-state index in [1.807, 2.05) is 0 Å². The molecule has 0 fully saturated rings. The summed E-state index contributed by atoms with van der Waals surface area (Å²) in [5, 5.41) is 9.05. The van der Waals surface area contributed by atoms with Crippen LogP contribution in [0.15, 0.2) is 0 Å². The maximum atomic E-state index is 11.1. The topological polar surface area (TPSA) is 168 Å². The summed E-state index contributed by atoms with van der Waals surface area (Å²) in [6.45, 7) is 0.297. The average molecular weight is 265 g/mol. The van der Waals surface area contributed by atoms with E-state index >= 15 is 0 Å². The number of carbonyl (C=O) groups is 3. The average Bonchev–Trinajstić information content (AvgIpc) is 2.39. The third-order valence-corrected chi connectivity index (χ3v) is 2.38. The van der Waals surface area contributed by atoms with Crippen molar-refractivity contribution in [1.29, 1.82) is 0 Å². The molecule has 0 amide bonds. The molecule has 0 saturated carbocycles. The van der Waals surface area contributed by atoms with Crippen molar-refractivity contribution in [3.63, 3.8) is 0 Å². The zero-order valence-electron chi connectivity index (χ0n) is 9.91. The number of carboxylic acids is 1. The molecule has 0 aliphatic carbocycles. The molecule has 0 radical (unpaired) electrons. The van der Waals surface area contributed by atoms with Crippen LogP contribution in [0.25, 0.3) is 0 Å². The van der Waals surface area contributed by atoms with E-state index in [2.05, 4.69) is 21.2 Å². The van der Waals surface area contributed by atoms with Gasteiger partial charge in [-0.2, -0.15) is 0 Å². The van der Waals surface area contributed by atoms with Crippen LogP contribution >= 0.6 is 0 Å². The molecule has 0 aliphatic rings. The van der Waals surface area contributed by atoms with E-state index in [4.69, 9.17) is 10.8 Å². The van der Waals surface area contributed by atoms with Gasteiger partial charge in [0.2, 0.25) is 0 Å². The molecule has 0 bridgehead atoms. The molecule has 0 aromatic rings. The molecule has 18 heavy (non-hydrogen) atoms. The predicted molar refractivity (Wildman–Crippen MR) is 60.8 cm³/mol. The number of hydrazine groups is 1. The molecule has 0 unspecified atom stereocenters. The minimum Gasteiger partial charge on any atom is -0.481 e. The minimum atomic E-state index is -1.23. The quantitative estimate of drug-likeness (QED) is 0.150. The van der Waals surface area contributed by atoms with E-state index in [1.54, 1.807) is 0 Å². The molecule has 0 saturated heterocycles. The molecule has 9 nitrogen and oxygen atoms in total. The number of hydrogen-bond donors (Lipinski definition) is 4. The van der Waals surface area contributed by atoms with E-state index in [9.17, 15) is 14.4 Å². The van der Waals surface area contributed by atoms with Gasteiger partial charge in [0, 0.05) is 6.54 Å². The number of ether oxygens (including phenoxy) is 2. The van der Waals surface area contributed by atoms with Crippen LogP contribution in [0, 0.1) is 5.41 Å². The number of rotatable bonds is 10. The van der Waals surface area contributed by atoms with Crippen molar-refractivity contribution >= 4 is 18.9 Å². The lowest BCUT2D eigenvalue weighted by molar-refractivity contribution is -0.152. The molecule has 9 heteroatoms. The van der Waals surface area contributed by atoms with Crippen molar-refractivity contribution in [3.8, 4) is 0 Å². The Morgan fingerprint density at radius 2 is 1.50 bits per heavy atom. The molecule has 7 N–H and O–H groups in total. The number of aliphatic carboxylic acids is 1. The molecule has 0 atom stereocenters. The fraction of sp³-hybridized carbons (Fsp3) is 0.667. The van der Waals surface area contributed by atoms with Crippen LogP contribution in [0.4, 0.5) is 0 Å². The van der Waals surface area contributed by atoms with Gasteiger partial charge in [0.25, 0.3) is 12.9 Å². The van der Waals surface area contributed by atoms with Gasteiger partial charge in [0.05, 0.1) is 18.6 Å². The summed E-state index contributed by atoms with van der Waals surface area (Å²) in [6, 6.07) is 0. The van der Waals surface area contributed by atoms with Gasteiger partial charge >= 0.3 is 5.97 Å². The molecule has 0 aliphatic heterocycles. The van der Waals surface area contributed by atoms with Crippen molar-refractivity contribution in [2.24, 2.45) is 22.8 Å². The van der Waals surface area contributed by atoms with E-state index in [1.165, 1.54) is 0 Å². The fourth-order valence-electron chi connectivity index (χ4n) is 1.24. The lowest BCUT2D eigenvalue weighted by atomic mass is 9.82. The SMILES string of the molecule is NCC(CCOC=O)(CCOC=O)C(=O)O.NN. The monoisotopic (exact) mass is 265 g/mol. The Balaban J connectivity index is 0. The zero-order valence-corrected chi connectivity index (χ0v) is 9.91. The smallest absolute Gasteiger partial charge is 0.311 e. The first-order valence-corrected chi connectivity index (χ1v) is 5.00. The maximum absolute atomic E-state index is 11.1. The van der Waals surface area contributed by atoms with Crippen molar-refractivity contribution in [2.75, 3.05) is 19.8 Å². The van der Waals surface area contributed by atoms with Gasteiger partial charge in [-0.1, -0.05) is 0 Å². The molecule has 106 valence electrons. The summed E-state index contributed by atoms with van der Waals surface area (Å²) in [7, 11) is 0. The van der Waals surface area contributed by atoms with Crippen molar-refractivity contribution in [3.05, 3.63) is 0 Å². The number of carbonyl (C=O) groups excluding carboxylic acids is 2. The van der Waals surface area contributed by atoms with Gasteiger partial charge in [-0.3, -0.25) is 26.1 Å². The minimum absolute atomic E-state index is 0.0336. The predicted octanol–water partition coefficient (Wildman–Crippen LogP) is -2.04. The Bertz CT molecular complexity index is 234. The van der Waals surface area contributed by atoms with Crippen LogP contribution in [-0.2, 0) is 23.9 Å². The number of nitrogens with two attached hydrogens (primary N) is 3. The van der Waals surface area contributed by atoms with E-state index in [0.717, 1.165) is 0 Å². The first kappa shape index (κ1) is 18.6. The van der Waals surface area contributed by atoms with Crippen molar-refractivity contribution in [2.45, 2.75) is 12.8 Å². The highest BCUT2D eigenvalue weighted by Crippen LogP contribution is 2.25. The van der Waals surface area contributed by atoms with E-state index in [0.29, 0.717) is 0 Å². The van der Waals surface area contributed by atoms with Crippen LogP contribution in [0.2, 0.25) is 0 Å². The summed E-state index contributed by atoms with van der Waals surface area (Å²) in [5.74, 6) is 6.90. The molecule has 0 aromatic heterocycles. The second kappa shape index (κ2) is 11.8. The largest absolute Gasteiger partial charge is 0.481 e. The third kappa shape index (κ3) is 6.78. The second-order valence-corrected chi connectivity index (χ2v) is 3.22. The van der Waals surface area contributed by atoms with Gasteiger partial charge in [-0.15, -0.1) is 0 Å². The lowest BCUT2D eigenvalue weighted by Crippen LogP contribution is -2.40. The Morgan fingerprint density at radius 3 is 1.72 bits per heavy atom. The van der Waals surface area contributed by atoms with Gasteiger partial charge in [0.15, 0.2) is 0 Å². The number of carboxylic acid groups (broad SMARTS) is 1. The van der Waals surface area contributed by atoms with Crippen molar-refractivity contribution < 1.29 is 29.0 Å². The Hall–Kier alpha value is -1.71. The summed E-state index contributed by atoms with van der Waals surface area (Å²) in [4.78, 5) is 30.9. The summed E-state index contributed by atoms with van der Waals surface area (Å²) in [5.41, 5.74) is 4.17. The lowest BCUT2D eigenvalue weighted by Gasteiger charge is -2.26. The van der Waals surface area contributed by atoms with Crippen LogP contribution in [-0.4, -0.2) is 43.8 Å².